The van der Waals surface area contributed by atoms with Crippen molar-refractivity contribution in [2.24, 2.45) is 0 Å². The van der Waals surface area contributed by atoms with E-state index in [4.69, 9.17) is 11.6 Å². The molecule has 1 aliphatic heterocycles. The minimum absolute atomic E-state index is 0.0882. The molecule has 0 atom stereocenters. The summed E-state index contributed by atoms with van der Waals surface area (Å²) in [5.41, 5.74) is 0.0270. The maximum Gasteiger partial charge on any atom is 0.416 e. The lowest BCUT2D eigenvalue weighted by Crippen LogP contribution is -2.49. The first-order valence-electron chi connectivity index (χ1n) is 9.84. The number of anilines is 1. The highest BCUT2D eigenvalue weighted by atomic mass is 35.5. The summed E-state index contributed by atoms with van der Waals surface area (Å²) < 4.78 is 38.9. The Morgan fingerprint density at radius 2 is 1.76 bits per heavy atom. The van der Waals surface area contributed by atoms with Crippen molar-refractivity contribution in [3.05, 3.63) is 74.9 Å². The Bertz CT molecular complexity index is 1190. The number of rotatable bonds is 4. The SMILES string of the molecule is O=C(c1cn[nH]c1-c1ccc(Cl)cc1)N1CCN(c2ccc(C(F)(F)F)cc2[N+](=O)[O-])CC1. The van der Waals surface area contributed by atoms with Crippen LogP contribution in [0.1, 0.15) is 15.9 Å². The van der Waals surface area contributed by atoms with Crippen molar-refractivity contribution in [2.45, 2.75) is 6.18 Å². The van der Waals surface area contributed by atoms with Gasteiger partial charge in [-0.3, -0.25) is 20.0 Å². The van der Waals surface area contributed by atoms with Crippen LogP contribution in [0.2, 0.25) is 5.02 Å². The quantitative estimate of drug-likeness (QED) is 0.435. The number of benzene rings is 2. The highest BCUT2D eigenvalue weighted by molar-refractivity contribution is 6.30. The molecule has 1 saturated heterocycles. The third-order valence-electron chi connectivity index (χ3n) is 5.41. The second-order valence-corrected chi connectivity index (χ2v) is 7.84. The van der Waals surface area contributed by atoms with Gasteiger partial charge < -0.3 is 9.80 Å². The molecule has 1 N–H and O–H groups in total. The van der Waals surface area contributed by atoms with E-state index in [0.29, 0.717) is 22.3 Å². The Kier molecular flexibility index (Phi) is 5.98. The van der Waals surface area contributed by atoms with E-state index in [0.717, 1.165) is 17.7 Å². The van der Waals surface area contributed by atoms with Crippen LogP contribution < -0.4 is 4.90 Å². The smallest absolute Gasteiger partial charge is 0.362 e. The summed E-state index contributed by atoms with van der Waals surface area (Å²) in [4.78, 5) is 26.8. The molecule has 4 rings (SSSR count). The number of carbonyl (C=O) groups is 1. The summed E-state index contributed by atoms with van der Waals surface area (Å²) in [5, 5.41) is 18.7. The van der Waals surface area contributed by atoms with Crippen LogP contribution in [0.5, 0.6) is 0 Å². The van der Waals surface area contributed by atoms with Crippen LogP contribution >= 0.6 is 11.6 Å². The number of piperazine rings is 1. The van der Waals surface area contributed by atoms with Gasteiger partial charge in [0.2, 0.25) is 0 Å². The van der Waals surface area contributed by atoms with Crippen molar-refractivity contribution >= 4 is 28.9 Å². The Morgan fingerprint density at radius 1 is 1.09 bits per heavy atom. The van der Waals surface area contributed by atoms with Gasteiger partial charge in [-0.05, 0) is 24.3 Å². The van der Waals surface area contributed by atoms with E-state index in [2.05, 4.69) is 10.2 Å². The summed E-state index contributed by atoms with van der Waals surface area (Å²) in [6.45, 7) is 0.933. The van der Waals surface area contributed by atoms with Gasteiger partial charge in [-0.1, -0.05) is 23.7 Å². The lowest BCUT2D eigenvalue weighted by molar-refractivity contribution is -0.384. The first-order valence-corrected chi connectivity index (χ1v) is 10.2. The minimum atomic E-state index is -4.68. The van der Waals surface area contributed by atoms with Crippen molar-refractivity contribution < 1.29 is 22.9 Å². The number of carbonyl (C=O) groups excluding carboxylic acids is 1. The standard InChI is InChI=1S/C21H17ClF3N5O3/c22-15-4-1-13(2-5-15)19-16(12-26-27-19)20(31)29-9-7-28(8-10-29)17-6-3-14(21(23,24)25)11-18(17)30(32)33/h1-6,11-12H,7-10H2,(H,26,27). The third kappa shape index (κ3) is 4.63. The summed E-state index contributed by atoms with van der Waals surface area (Å²) in [6.07, 6.45) is -3.25. The van der Waals surface area contributed by atoms with Crippen LogP contribution in [-0.2, 0) is 6.18 Å². The zero-order chi connectivity index (χ0) is 23.8. The van der Waals surface area contributed by atoms with Crippen LogP contribution in [0.15, 0.2) is 48.7 Å². The van der Waals surface area contributed by atoms with E-state index < -0.39 is 22.4 Å². The first kappa shape index (κ1) is 22.6. The van der Waals surface area contributed by atoms with E-state index in [1.165, 1.54) is 6.20 Å². The van der Waals surface area contributed by atoms with Crippen LogP contribution in [-0.4, -0.2) is 52.1 Å². The van der Waals surface area contributed by atoms with Gasteiger partial charge in [-0.15, -0.1) is 0 Å². The second-order valence-electron chi connectivity index (χ2n) is 7.40. The summed E-state index contributed by atoms with van der Waals surface area (Å²) in [7, 11) is 0. The zero-order valence-electron chi connectivity index (χ0n) is 17.0. The van der Waals surface area contributed by atoms with Crippen LogP contribution in [0.25, 0.3) is 11.3 Å². The molecular weight excluding hydrogens is 463 g/mol. The van der Waals surface area contributed by atoms with E-state index in [1.54, 1.807) is 34.1 Å². The van der Waals surface area contributed by atoms with Gasteiger partial charge in [-0.2, -0.15) is 18.3 Å². The molecule has 0 radical (unpaired) electrons. The molecule has 8 nitrogen and oxygen atoms in total. The molecule has 1 fully saturated rings. The highest BCUT2D eigenvalue weighted by Crippen LogP contribution is 2.37. The maximum atomic E-state index is 13.1. The third-order valence-corrected chi connectivity index (χ3v) is 5.66. The molecule has 2 heterocycles. The molecule has 0 bridgehead atoms. The predicted octanol–water partition coefficient (Wildman–Crippen LogP) is 4.62. The van der Waals surface area contributed by atoms with Crippen molar-refractivity contribution in [3.8, 4) is 11.3 Å². The van der Waals surface area contributed by atoms with Gasteiger partial charge in [0.25, 0.3) is 11.6 Å². The number of hydrogen-bond acceptors (Lipinski definition) is 5. The molecule has 3 aromatic rings. The Morgan fingerprint density at radius 3 is 2.36 bits per heavy atom. The highest BCUT2D eigenvalue weighted by Gasteiger charge is 2.34. The fourth-order valence-electron chi connectivity index (χ4n) is 3.72. The van der Waals surface area contributed by atoms with Crippen LogP contribution in [0, 0.1) is 10.1 Å². The van der Waals surface area contributed by atoms with Gasteiger partial charge in [0.05, 0.1) is 27.9 Å². The zero-order valence-corrected chi connectivity index (χ0v) is 17.7. The molecule has 1 aromatic heterocycles. The molecule has 0 aliphatic carbocycles. The molecule has 2 aromatic carbocycles. The number of halogens is 4. The number of amides is 1. The Balaban J connectivity index is 1.50. The fraction of sp³-hybridized carbons (Fsp3) is 0.238. The van der Waals surface area contributed by atoms with Crippen molar-refractivity contribution in [2.75, 3.05) is 31.1 Å². The molecule has 172 valence electrons. The number of hydrogen-bond donors (Lipinski definition) is 1. The van der Waals surface area contributed by atoms with E-state index in [-0.39, 0.29) is 37.8 Å². The minimum Gasteiger partial charge on any atom is -0.362 e. The number of nitrogens with one attached hydrogen (secondary N) is 1. The lowest BCUT2D eigenvalue weighted by Gasteiger charge is -2.35. The van der Waals surface area contributed by atoms with Crippen molar-refractivity contribution in [1.82, 2.24) is 15.1 Å². The molecule has 33 heavy (non-hydrogen) atoms. The Labute approximate surface area is 190 Å². The van der Waals surface area contributed by atoms with E-state index >= 15 is 0 Å². The lowest BCUT2D eigenvalue weighted by atomic mass is 10.1. The predicted molar refractivity (Wildman–Crippen MR) is 115 cm³/mol. The number of aromatic amines is 1. The van der Waals surface area contributed by atoms with Gasteiger partial charge in [0.1, 0.15) is 5.69 Å². The monoisotopic (exact) mass is 479 g/mol. The topological polar surface area (TPSA) is 95.4 Å². The molecular formula is C21H17ClF3N5O3. The molecule has 12 heteroatoms. The number of aromatic nitrogens is 2. The molecule has 0 saturated carbocycles. The number of nitro groups is 1. The van der Waals surface area contributed by atoms with Crippen LogP contribution in [0.3, 0.4) is 0 Å². The van der Waals surface area contributed by atoms with Gasteiger partial charge in [-0.25, -0.2) is 0 Å². The van der Waals surface area contributed by atoms with Gasteiger partial charge in [0.15, 0.2) is 0 Å². The maximum absolute atomic E-state index is 13.1. The number of nitrogens with zero attached hydrogens (tertiary/aromatic N) is 4. The van der Waals surface area contributed by atoms with Gasteiger partial charge in [0, 0.05) is 42.8 Å². The van der Waals surface area contributed by atoms with Crippen LogP contribution in [0.4, 0.5) is 24.5 Å². The average molecular weight is 480 g/mol. The molecule has 0 spiro atoms. The number of nitro benzene ring substituents is 1. The Hall–Kier alpha value is -3.60. The van der Waals surface area contributed by atoms with E-state index in [9.17, 15) is 28.1 Å². The number of H-pyrrole nitrogens is 1. The molecule has 1 amide bonds. The van der Waals surface area contributed by atoms with Gasteiger partial charge >= 0.3 is 6.18 Å². The summed E-state index contributed by atoms with van der Waals surface area (Å²) in [5.74, 6) is -0.268. The largest absolute Gasteiger partial charge is 0.416 e. The first-order chi connectivity index (χ1) is 15.6. The van der Waals surface area contributed by atoms with Crippen molar-refractivity contribution in [1.29, 1.82) is 0 Å². The van der Waals surface area contributed by atoms with E-state index in [1.807, 2.05) is 0 Å². The van der Waals surface area contributed by atoms with Crippen molar-refractivity contribution in [3.63, 3.8) is 0 Å². The fourth-order valence-corrected chi connectivity index (χ4v) is 3.85. The number of alkyl halides is 3. The molecule has 1 aliphatic rings. The summed E-state index contributed by atoms with van der Waals surface area (Å²) in [6, 6.07) is 9.37. The normalized spacial score (nSPS) is 14.4. The average Bonchev–Trinajstić information content (AvgIpc) is 3.28. The molecule has 0 unspecified atom stereocenters. The second kappa shape index (κ2) is 8.74. The summed E-state index contributed by atoms with van der Waals surface area (Å²) >= 11 is 5.92.